The molecule has 0 spiro atoms. The predicted molar refractivity (Wildman–Crippen MR) is 56.0 cm³/mol. The molecule has 0 amide bonds. The molecule has 0 aliphatic carbocycles. The fourth-order valence-corrected chi connectivity index (χ4v) is 1.14. The molecular formula is C10H19N3O. The highest BCUT2D eigenvalue weighted by Crippen LogP contribution is 1.98. The summed E-state index contributed by atoms with van der Waals surface area (Å²) in [5.41, 5.74) is 5.53. The largest absolute Gasteiger partial charge is 0.378 e. The van der Waals surface area contributed by atoms with E-state index in [9.17, 15) is 0 Å². The lowest BCUT2D eigenvalue weighted by atomic mass is 10.1. The third kappa shape index (κ3) is 3.89. The number of hydrogen-bond acceptors (Lipinski definition) is 3. The van der Waals surface area contributed by atoms with Gasteiger partial charge in [-0.25, -0.2) is 4.98 Å². The Kier molecular flexibility index (Phi) is 3.66. The molecule has 14 heavy (non-hydrogen) atoms. The first-order chi connectivity index (χ1) is 6.49. The summed E-state index contributed by atoms with van der Waals surface area (Å²) in [5, 5.41) is 0. The number of aryl methyl sites for hydroxylation is 1. The van der Waals surface area contributed by atoms with E-state index in [4.69, 9.17) is 10.5 Å². The second-order valence-electron chi connectivity index (χ2n) is 4.21. The summed E-state index contributed by atoms with van der Waals surface area (Å²) in [4.78, 5) is 4.13. The summed E-state index contributed by atoms with van der Waals surface area (Å²) in [5.74, 6) is 1.01. The van der Waals surface area contributed by atoms with Crippen molar-refractivity contribution in [2.24, 2.45) is 5.73 Å². The van der Waals surface area contributed by atoms with Crippen LogP contribution >= 0.6 is 0 Å². The molecule has 1 rings (SSSR count). The van der Waals surface area contributed by atoms with E-state index >= 15 is 0 Å². The normalized spacial score (nSPS) is 12.0. The predicted octanol–water partition coefficient (Wildman–Crippen LogP) is 0.945. The van der Waals surface area contributed by atoms with E-state index in [0.717, 1.165) is 12.4 Å². The fourth-order valence-electron chi connectivity index (χ4n) is 1.14. The highest BCUT2D eigenvalue weighted by Gasteiger charge is 2.09. The Morgan fingerprint density at radius 1 is 1.57 bits per heavy atom. The zero-order chi connectivity index (χ0) is 10.6. The number of ether oxygens (including phenoxy) is 1. The first kappa shape index (κ1) is 11.2. The lowest BCUT2D eigenvalue weighted by Gasteiger charge is -2.18. The van der Waals surface area contributed by atoms with E-state index in [1.54, 1.807) is 6.20 Å². The maximum atomic E-state index is 5.78. The summed E-state index contributed by atoms with van der Waals surface area (Å²) in [6, 6.07) is 0. The van der Waals surface area contributed by atoms with Gasteiger partial charge in [-0.05, 0) is 20.8 Å². The topological polar surface area (TPSA) is 53.1 Å². The van der Waals surface area contributed by atoms with Crippen LogP contribution in [0.5, 0.6) is 0 Å². The van der Waals surface area contributed by atoms with Crippen molar-refractivity contribution >= 4 is 0 Å². The first-order valence-electron chi connectivity index (χ1n) is 4.83. The van der Waals surface area contributed by atoms with Crippen LogP contribution in [0.1, 0.15) is 19.7 Å². The van der Waals surface area contributed by atoms with Gasteiger partial charge in [0.05, 0.1) is 13.2 Å². The Bertz CT molecular complexity index is 275. The average molecular weight is 197 g/mol. The molecule has 1 aromatic heterocycles. The molecule has 0 aromatic carbocycles. The van der Waals surface area contributed by atoms with Crippen LogP contribution < -0.4 is 5.73 Å². The van der Waals surface area contributed by atoms with Crippen molar-refractivity contribution in [2.45, 2.75) is 32.9 Å². The lowest BCUT2D eigenvalue weighted by Crippen LogP contribution is -2.37. The maximum Gasteiger partial charge on any atom is 0.105 e. The molecule has 4 nitrogen and oxygen atoms in total. The first-order valence-corrected chi connectivity index (χ1v) is 4.83. The number of rotatable bonds is 5. The zero-order valence-electron chi connectivity index (χ0n) is 9.16. The smallest absolute Gasteiger partial charge is 0.105 e. The molecule has 0 bridgehead atoms. The van der Waals surface area contributed by atoms with E-state index in [0.29, 0.717) is 13.2 Å². The molecule has 1 aromatic rings. The molecule has 0 aliphatic rings. The molecule has 80 valence electrons. The second-order valence-corrected chi connectivity index (χ2v) is 4.21. The SMILES string of the molecule is Cc1nccn1CCOCC(C)(C)N. The summed E-state index contributed by atoms with van der Waals surface area (Å²) in [6.45, 7) is 7.98. The monoisotopic (exact) mass is 197 g/mol. The quantitative estimate of drug-likeness (QED) is 0.715. The highest BCUT2D eigenvalue weighted by molar-refractivity contribution is 4.88. The third-order valence-corrected chi connectivity index (χ3v) is 1.87. The van der Waals surface area contributed by atoms with E-state index in [1.165, 1.54) is 0 Å². The van der Waals surface area contributed by atoms with Crippen molar-refractivity contribution < 1.29 is 4.74 Å². The zero-order valence-corrected chi connectivity index (χ0v) is 9.16. The van der Waals surface area contributed by atoms with Gasteiger partial charge in [0.15, 0.2) is 0 Å². The molecule has 0 saturated carbocycles. The van der Waals surface area contributed by atoms with Crippen LogP contribution in [0.4, 0.5) is 0 Å². The Hall–Kier alpha value is -0.870. The summed E-state index contributed by atoms with van der Waals surface area (Å²) in [6.07, 6.45) is 3.74. The molecule has 4 heteroatoms. The fraction of sp³-hybridized carbons (Fsp3) is 0.700. The van der Waals surface area contributed by atoms with Crippen molar-refractivity contribution in [3.8, 4) is 0 Å². The van der Waals surface area contributed by atoms with Gasteiger partial charge in [0.1, 0.15) is 5.82 Å². The van der Waals surface area contributed by atoms with Crippen LogP contribution in [0.2, 0.25) is 0 Å². The molecule has 2 N–H and O–H groups in total. The molecule has 0 radical (unpaired) electrons. The molecule has 0 saturated heterocycles. The Labute approximate surface area is 85.1 Å². The van der Waals surface area contributed by atoms with E-state index < -0.39 is 0 Å². The van der Waals surface area contributed by atoms with Gasteiger partial charge >= 0.3 is 0 Å². The van der Waals surface area contributed by atoms with Gasteiger partial charge in [-0.1, -0.05) is 0 Å². The molecule has 0 atom stereocenters. The minimum absolute atomic E-state index is 0.246. The maximum absolute atomic E-state index is 5.78. The van der Waals surface area contributed by atoms with Crippen LogP contribution in [0, 0.1) is 6.92 Å². The van der Waals surface area contributed by atoms with Crippen LogP contribution in [-0.2, 0) is 11.3 Å². The molecule has 0 unspecified atom stereocenters. The Morgan fingerprint density at radius 2 is 2.29 bits per heavy atom. The number of nitrogens with zero attached hydrogens (tertiary/aromatic N) is 2. The molecule has 1 heterocycles. The standard InChI is InChI=1S/C10H19N3O/c1-9-12-4-5-13(9)6-7-14-8-10(2,3)11/h4-5H,6-8,11H2,1-3H3. The van der Waals surface area contributed by atoms with Gasteiger partial charge in [0, 0.05) is 24.5 Å². The van der Waals surface area contributed by atoms with Crippen molar-refractivity contribution in [2.75, 3.05) is 13.2 Å². The summed E-state index contributed by atoms with van der Waals surface area (Å²) in [7, 11) is 0. The second kappa shape index (κ2) is 4.57. The van der Waals surface area contributed by atoms with Gasteiger partial charge in [0.25, 0.3) is 0 Å². The Balaban J connectivity index is 2.20. The van der Waals surface area contributed by atoms with Gasteiger partial charge in [-0.2, -0.15) is 0 Å². The van der Waals surface area contributed by atoms with Crippen molar-refractivity contribution in [3.63, 3.8) is 0 Å². The number of nitrogens with two attached hydrogens (primary N) is 1. The van der Waals surface area contributed by atoms with Crippen LogP contribution in [0.25, 0.3) is 0 Å². The van der Waals surface area contributed by atoms with E-state index in [1.807, 2.05) is 27.0 Å². The third-order valence-electron chi connectivity index (χ3n) is 1.87. The van der Waals surface area contributed by atoms with Crippen LogP contribution in [0.3, 0.4) is 0 Å². The van der Waals surface area contributed by atoms with Gasteiger partial charge in [0.2, 0.25) is 0 Å². The molecule has 0 fully saturated rings. The van der Waals surface area contributed by atoms with Crippen LogP contribution in [-0.4, -0.2) is 28.3 Å². The lowest BCUT2D eigenvalue weighted by molar-refractivity contribution is 0.0908. The van der Waals surface area contributed by atoms with Crippen LogP contribution in [0.15, 0.2) is 12.4 Å². The van der Waals surface area contributed by atoms with E-state index in [-0.39, 0.29) is 5.54 Å². The van der Waals surface area contributed by atoms with Crippen molar-refractivity contribution in [1.29, 1.82) is 0 Å². The van der Waals surface area contributed by atoms with Gasteiger partial charge in [-0.15, -0.1) is 0 Å². The number of imidazole rings is 1. The van der Waals surface area contributed by atoms with Crippen molar-refractivity contribution in [1.82, 2.24) is 9.55 Å². The minimum atomic E-state index is -0.246. The summed E-state index contributed by atoms with van der Waals surface area (Å²) < 4.78 is 7.51. The summed E-state index contributed by atoms with van der Waals surface area (Å²) >= 11 is 0. The van der Waals surface area contributed by atoms with Crippen molar-refractivity contribution in [3.05, 3.63) is 18.2 Å². The van der Waals surface area contributed by atoms with E-state index in [2.05, 4.69) is 9.55 Å². The van der Waals surface area contributed by atoms with Gasteiger partial charge in [-0.3, -0.25) is 0 Å². The highest BCUT2D eigenvalue weighted by atomic mass is 16.5. The number of aromatic nitrogens is 2. The average Bonchev–Trinajstić information content (AvgIpc) is 2.44. The number of hydrogen-bond donors (Lipinski definition) is 1. The molecular weight excluding hydrogens is 178 g/mol. The molecule has 0 aliphatic heterocycles. The van der Waals surface area contributed by atoms with Gasteiger partial charge < -0.3 is 15.0 Å². The minimum Gasteiger partial charge on any atom is -0.378 e. The Morgan fingerprint density at radius 3 is 2.79 bits per heavy atom.